The minimum Gasteiger partial charge on any atom is -0.495 e. The van der Waals surface area contributed by atoms with Gasteiger partial charge in [0.15, 0.2) is 0 Å². The van der Waals surface area contributed by atoms with Crippen LogP contribution in [0.5, 0.6) is 5.75 Å². The first-order chi connectivity index (χ1) is 13.5. The number of nitrogens with one attached hydrogen (secondary N) is 2. The molecule has 3 aromatic rings. The number of methoxy groups -OCH3 is 1. The third-order valence-corrected chi connectivity index (χ3v) is 4.35. The number of hydrogen-bond donors (Lipinski definition) is 2. The lowest BCUT2D eigenvalue weighted by atomic mass is 10.1. The predicted molar refractivity (Wildman–Crippen MR) is 108 cm³/mol. The number of pyridine rings is 1. The van der Waals surface area contributed by atoms with Crippen LogP contribution in [0.4, 0.5) is 15.9 Å². The van der Waals surface area contributed by atoms with Gasteiger partial charge in [-0.25, -0.2) is 9.37 Å². The van der Waals surface area contributed by atoms with Crippen LogP contribution in [-0.4, -0.2) is 24.5 Å². The van der Waals surface area contributed by atoms with Gasteiger partial charge in [0.1, 0.15) is 17.4 Å². The second-order valence-corrected chi connectivity index (χ2v) is 6.44. The predicted octanol–water partition coefficient (Wildman–Crippen LogP) is 4.60. The number of nitrogens with zero attached hydrogens (tertiary/aromatic N) is 1. The molecule has 0 bridgehead atoms. The van der Waals surface area contributed by atoms with Gasteiger partial charge in [-0.3, -0.25) is 4.79 Å². The lowest BCUT2D eigenvalue weighted by Gasteiger charge is -2.10. The molecule has 1 amide bonds. The molecule has 28 heavy (non-hydrogen) atoms. The molecule has 0 fully saturated rings. The second-order valence-electron chi connectivity index (χ2n) is 6.04. The first-order valence-corrected chi connectivity index (χ1v) is 9.02. The molecule has 0 atom stereocenters. The van der Waals surface area contributed by atoms with Crippen molar-refractivity contribution in [3.63, 3.8) is 0 Å². The van der Waals surface area contributed by atoms with E-state index in [2.05, 4.69) is 15.6 Å². The summed E-state index contributed by atoms with van der Waals surface area (Å²) in [5, 5.41) is 6.44. The number of amides is 1. The van der Waals surface area contributed by atoms with E-state index in [1.807, 2.05) is 6.07 Å². The molecule has 144 valence electrons. The van der Waals surface area contributed by atoms with Gasteiger partial charge >= 0.3 is 0 Å². The third-order valence-electron chi connectivity index (χ3n) is 4.06. The summed E-state index contributed by atoms with van der Waals surface area (Å²) >= 11 is 6.12. The van der Waals surface area contributed by atoms with Crippen molar-refractivity contribution in [2.75, 3.05) is 19.0 Å². The Bertz CT molecular complexity index is 964. The van der Waals surface area contributed by atoms with Crippen molar-refractivity contribution >= 4 is 29.0 Å². The van der Waals surface area contributed by atoms with E-state index in [-0.39, 0.29) is 11.7 Å². The lowest BCUT2D eigenvalue weighted by Crippen LogP contribution is -2.25. The Morgan fingerprint density at radius 2 is 1.93 bits per heavy atom. The SMILES string of the molecule is COc1ccc(Nc2cc(C(=O)NCCc3ccc(F)cc3)ccn2)cc1Cl. The smallest absolute Gasteiger partial charge is 0.251 e. The number of carbonyl (C=O) groups is 1. The Labute approximate surface area is 167 Å². The van der Waals surface area contributed by atoms with E-state index < -0.39 is 0 Å². The standard InChI is InChI=1S/C21H19ClFN3O2/c1-28-19-7-6-17(13-18(19)22)26-20-12-15(9-11-24-20)21(27)25-10-8-14-2-4-16(23)5-3-14/h2-7,9,11-13H,8,10H2,1H3,(H,24,26)(H,25,27). The number of ether oxygens (including phenoxy) is 1. The van der Waals surface area contributed by atoms with Gasteiger partial charge in [0.2, 0.25) is 0 Å². The van der Waals surface area contributed by atoms with Crippen molar-refractivity contribution in [1.82, 2.24) is 10.3 Å². The molecule has 2 N–H and O–H groups in total. The molecular weight excluding hydrogens is 381 g/mol. The summed E-state index contributed by atoms with van der Waals surface area (Å²) in [7, 11) is 1.55. The molecule has 0 aliphatic carbocycles. The maximum absolute atomic E-state index is 12.9. The summed E-state index contributed by atoms with van der Waals surface area (Å²) in [6.45, 7) is 0.448. The molecule has 0 spiro atoms. The van der Waals surface area contributed by atoms with Gasteiger partial charge in [0.25, 0.3) is 5.91 Å². The van der Waals surface area contributed by atoms with Gasteiger partial charge in [0.05, 0.1) is 12.1 Å². The topological polar surface area (TPSA) is 63.2 Å². The number of hydrogen-bond acceptors (Lipinski definition) is 4. The molecular formula is C21H19ClFN3O2. The largest absolute Gasteiger partial charge is 0.495 e. The highest BCUT2D eigenvalue weighted by Gasteiger charge is 2.08. The fourth-order valence-corrected chi connectivity index (χ4v) is 2.86. The quantitative estimate of drug-likeness (QED) is 0.609. The summed E-state index contributed by atoms with van der Waals surface area (Å²) in [6.07, 6.45) is 2.18. The van der Waals surface area contributed by atoms with Crippen molar-refractivity contribution in [2.45, 2.75) is 6.42 Å². The van der Waals surface area contributed by atoms with Crippen molar-refractivity contribution < 1.29 is 13.9 Å². The number of halogens is 2. The van der Waals surface area contributed by atoms with Gasteiger partial charge < -0.3 is 15.4 Å². The minimum atomic E-state index is -0.275. The van der Waals surface area contributed by atoms with Crippen molar-refractivity contribution in [1.29, 1.82) is 0 Å². The fraction of sp³-hybridized carbons (Fsp3) is 0.143. The summed E-state index contributed by atoms with van der Waals surface area (Å²) in [5.74, 6) is 0.616. The highest BCUT2D eigenvalue weighted by Crippen LogP contribution is 2.28. The van der Waals surface area contributed by atoms with Gasteiger partial charge in [0, 0.05) is 24.0 Å². The van der Waals surface area contributed by atoms with Crippen LogP contribution in [0.25, 0.3) is 0 Å². The first kappa shape index (κ1) is 19.6. The van der Waals surface area contributed by atoms with Crippen LogP contribution in [0.3, 0.4) is 0 Å². The monoisotopic (exact) mass is 399 g/mol. The summed E-state index contributed by atoms with van der Waals surface area (Å²) < 4.78 is 18.0. The zero-order chi connectivity index (χ0) is 19.9. The minimum absolute atomic E-state index is 0.208. The van der Waals surface area contributed by atoms with E-state index in [1.165, 1.54) is 12.1 Å². The first-order valence-electron chi connectivity index (χ1n) is 8.64. The van der Waals surface area contributed by atoms with Crippen LogP contribution in [0.2, 0.25) is 5.02 Å². The third kappa shape index (κ3) is 5.20. The van der Waals surface area contributed by atoms with E-state index in [1.54, 1.807) is 49.7 Å². The molecule has 0 radical (unpaired) electrons. The number of rotatable bonds is 7. The zero-order valence-corrected chi connectivity index (χ0v) is 16.0. The van der Waals surface area contributed by atoms with Gasteiger partial charge in [-0.15, -0.1) is 0 Å². The maximum atomic E-state index is 12.9. The van der Waals surface area contributed by atoms with Crippen LogP contribution in [0, 0.1) is 5.82 Å². The highest BCUT2D eigenvalue weighted by molar-refractivity contribution is 6.32. The Morgan fingerprint density at radius 1 is 1.14 bits per heavy atom. The Hall–Kier alpha value is -3.12. The maximum Gasteiger partial charge on any atom is 0.251 e. The Morgan fingerprint density at radius 3 is 2.64 bits per heavy atom. The van der Waals surface area contributed by atoms with E-state index in [0.29, 0.717) is 35.1 Å². The molecule has 5 nitrogen and oxygen atoms in total. The van der Waals surface area contributed by atoms with Crippen LogP contribution < -0.4 is 15.4 Å². The van der Waals surface area contributed by atoms with Gasteiger partial charge in [-0.1, -0.05) is 23.7 Å². The summed E-state index contributed by atoms with van der Waals surface area (Å²) in [5.41, 5.74) is 2.17. The number of carbonyl (C=O) groups excluding carboxylic acids is 1. The average molecular weight is 400 g/mol. The number of anilines is 2. The molecule has 1 heterocycles. The van der Waals surface area contributed by atoms with Crippen molar-refractivity contribution in [3.05, 3.63) is 82.8 Å². The lowest BCUT2D eigenvalue weighted by molar-refractivity contribution is 0.0954. The summed E-state index contributed by atoms with van der Waals surface area (Å²) in [4.78, 5) is 16.6. The molecule has 3 rings (SSSR count). The van der Waals surface area contributed by atoms with Gasteiger partial charge in [-0.05, 0) is 54.4 Å². The Balaban J connectivity index is 1.59. The zero-order valence-electron chi connectivity index (χ0n) is 15.2. The van der Waals surface area contributed by atoms with Crippen LogP contribution >= 0.6 is 11.6 Å². The average Bonchev–Trinajstić information content (AvgIpc) is 2.70. The number of benzene rings is 2. The molecule has 0 saturated carbocycles. The second kappa shape index (κ2) is 9.19. The Kier molecular flexibility index (Phi) is 6.45. The molecule has 1 aromatic heterocycles. The van der Waals surface area contributed by atoms with Crippen molar-refractivity contribution in [3.8, 4) is 5.75 Å². The van der Waals surface area contributed by atoms with E-state index >= 15 is 0 Å². The van der Waals surface area contributed by atoms with Crippen LogP contribution in [0.15, 0.2) is 60.8 Å². The normalized spacial score (nSPS) is 10.4. The molecule has 0 unspecified atom stereocenters. The fourth-order valence-electron chi connectivity index (χ4n) is 2.61. The molecule has 0 aliphatic heterocycles. The van der Waals surface area contributed by atoms with E-state index in [9.17, 15) is 9.18 Å². The molecule has 0 aliphatic rings. The molecule has 7 heteroatoms. The van der Waals surface area contributed by atoms with Crippen molar-refractivity contribution in [2.24, 2.45) is 0 Å². The van der Waals surface area contributed by atoms with Gasteiger partial charge in [-0.2, -0.15) is 0 Å². The van der Waals surface area contributed by atoms with E-state index in [0.717, 1.165) is 11.3 Å². The number of aromatic nitrogens is 1. The highest BCUT2D eigenvalue weighted by atomic mass is 35.5. The van der Waals surface area contributed by atoms with E-state index in [4.69, 9.17) is 16.3 Å². The molecule has 2 aromatic carbocycles. The van der Waals surface area contributed by atoms with Crippen LogP contribution in [-0.2, 0) is 6.42 Å². The molecule has 0 saturated heterocycles. The summed E-state index contributed by atoms with van der Waals surface area (Å²) in [6, 6.07) is 14.8. The van der Waals surface area contributed by atoms with Crippen LogP contribution in [0.1, 0.15) is 15.9 Å².